The first kappa shape index (κ1) is 14.3. The lowest BCUT2D eigenvalue weighted by atomic mass is 9.93. The van der Waals surface area contributed by atoms with Gasteiger partial charge < -0.3 is 5.73 Å². The van der Waals surface area contributed by atoms with Crippen molar-refractivity contribution in [2.24, 2.45) is 11.7 Å². The summed E-state index contributed by atoms with van der Waals surface area (Å²) in [6, 6.07) is 6.66. The maximum atomic E-state index is 6.26. The Hall–Kier alpha value is -0.0900. The van der Waals surface area contributed by atoms with E-state index in [2.05, 4.69) is 33.8 Å². The number of nitrogens with two attached hydrogens (primary N) is 1. The predicted molar refractivity (Wildman–Crippen MR) is 80.8 cm³/mol. The van der Waals surface area contributed by atoms with Gasteiger partial charge >= 0.3 is 0 Å². The van der Waals surface area contributed by atoms with Crippen LogP contribution in [-0.2, 0) is 6.54 Å². The smallest absolute Gasteiger partial charge is 0.0451 e. The van der Waals surface area contributed by atoms with E-state index >= 15 is 0 Å². The van der Waals surface area contributed by atoms with Crippen LogP contribution in [0.4, 0.5) is 0 Å². The molecule has 1 saturated heterocycles. The van der Waals surface area contributed by atoms with Crippen LogP contribution in [-0.4, -0.2) is 24.0 Å². The highest BCUT2D eigenvalue weighted by atomic mass is 79.9. The molecule has 0 aromatic heterocycles. The monoisotopic (exact) mass is 330 g/mol. The molecule has 2 nitrogen and oxygen atoms in total. The molecule has 1 aromatic carbocycles. The third kappa shape index (κ3) is 3.47. The molecule has 0 aliphatic carbocycles. The van der Waals surface area contributed by atoms with Gasteiger partial charge in [0.05, 0.1) is 0 Å². The van der Waals surface area contributed by atoms with E-state index in [4.69, 9.17) is 17.3 Å². The summed E-state index contributed by atoms with van der Waals surface area (Å²) in [6.45, 7) is 5.07. The highest BCUT2D eigenvalue weighted by Gasteiger charge is 2.24. The number of hydrogen-bond donors (Lipinski definition) is 1. The van der Waals surface area contributed by atoms with Crippen molar-refractivity contribution in [2.75, 3.05) is 13.1 Å². The first-order valence-corrected chi connectivity index (χ1v) is 7.65. The van der Waals surface area contributed by atoms with Crippen molar-refractivity contribution in [3.8, 4) is 0 Å². The second-order valence-corrected chi connectivity index (χ2v) is 6.52. The van der Waals surface area contributed by atoms with E-state index in [-0.39, 0.29) is 0 Å². The molecule has 2 rings (SSSR count). The molecule has 18 heavy (non-hydrogen) atoms. The maximum Gasteiger partial charge on any atom is 0.0451 e. The predicted octanol–water partition coefficient (Wildman–Crippen LogP) is 3.66. The van der Waals surface area contributed by atoms with Crippen molar-refractivity contribution >= 4 is 27.5 Å². The minimum atomic E-state index is 0.614. The quantitative estimate of drug-likeness (QED) is 0.916. The normalized spacial score (nSPS) is 25.3. The zero-order valence-electron chi connectivity index (χ0n) is 10.7. The summed E-state index contributed by atoms with van der Waals surface area (Å²) in [7, 11) is 0. The van der Waals surface area contributed by atoms with E-state index in [1.807, 2.05) is 12.1 Å². The number of hydrogen-bond acceptors (Lipinski definition) is 2. The number of nitrogens with zero attached hydrogens (tertiary/aromatic N) is 1. The van der Waals surface area contributed by atoms with Crippen molar-refractivity contribution in [2.45, 2.75) is 32.4 Å². The van der Waals surface area contributed by atoms with Crippen LogP contribution >= 0.6 is 27.5 Å². The Balaban J connectivity index is 2.09. The van der Waals surface area contributed by atoms with Crippen LogP contribution in [0.5, 0.6) is 0 Å². The minimum Gasteiger partial charge on any atom is -0.330 e. The number of benzene rings is 1. The van der Waals surface area contributed by atoms with E-state index in [0.29, 0.717) is 12.0 Å². The molecule has 0 amide bonds. The molecule has 1 aliphatic rings. The lowest BCUT2D eigenvalue weighted by Gasteiger charge is -2.37. The van der Waals surface area contributed by atoms with Gasteiger partial charge in [0, 0.05) is 28.6 Å². The molecule has 0 radical (unpaired) electrons. The van der Waals surface area contributed by atoms with E-state index in [9.17, 15) is 0 Å². The zero-order chi connectivity index (χ0) is 13.1. The topological polar surface area (TPSA) is 29.3 Å². The van der Waals surface area contributed by atoms with Gasteiger partial charge in [-0.2, -0.15) is 0 Å². The number of rotatable bonds is 3. The fourth-order valence-corrected chi connectivity index (χ4v) is 3.14. The average molecular weight is 332 g/mol. The van der Waals surface area contributed by atoms with Crippen LogP contribution in [0.15, 0.2) is 22.7 Å². The Labute approximate surface area is 123 Å². The first-order chi connectivity index (χ1) is 8.60. The van der Waals surface area contributed by atoms with Crippen molar-refractivity contribution in [3.05, 3.63) is 33.3 Å². The van der Waals surface area contributed by atoms with Gasteiger partial charge in [-0.1, -0.05) is 27.5 Å². The van der Waals surface area contributed by atoms with Crippen LogP contribution < -0.4 is 5.73 Å². The van der Waals surface area contributed by atoms with Crippen LogP contribution in [0, 0.1) is 5.92 Å². The Morgan fingerprint density at radius 3 is 2.94 bits per heavy atom. The van der Waals surface area contributed by atoms with E-state index in [0.717, 1.165) is 29.1 Å². The fourth-order valence-electron chi connectivity index (χ4n) is 2.56. The van der Waals surface area contributed by atoms with Gasteiger partial charge in [0.1, 0.15) is 0 Å². The van der Waals surface area contributed by atoms with Crippen molar-refractivity contribution in [1.29, 1.82) is 0 Å². The van der Waals surface area contributed by atoms with Gasteiger partial charge in [-0.05, 0) is 56.0 Å². The summed E-state index contributed by atoms with van der Waals surface area (Å²) in [5.74, 6) is 0.632. The maximum absolute atomic E-state index is 6.26. The van der Waals surface area contributed by atoms with Gasteiger partial charge in [0.25, 0.3) is 0 Å². The average Bonchev–Trinajstić information content (AvgIpc) is 2.36. The molecule has 100 valence electrons. The van der Waals surface area contributed by atoms with E-state index in [1.54, 1.807) is 0 Å². The molecule has 0 spiro atoms. The van der Waals surface area contributed by atoms with Crippen LogP contribution in [0.2, 0.25) is 5.02 Å². The fraction of sp³-hybridized carbons (Fsp3) is 0.571. The molecule has 2 N–H and O–H groups in total. The molecule has 1 heterocycles. The molecule has 0 bridgehead atoms. The number of likely N-dealkylation sites (tertiary alicyclic amines) is 1. The van der Waals surface area contributed by atoms with Crippen molar-refractivity contribution < 1.29 is 0 Å². The van der Waals surface area contributed by atoms with Crippen molar-refractivity contribution in [1.82, 2.24) is 4.90 Å². The van der Waals surface area contributed by atoms with Gasteiger partial charge in [-0.25, -0.2) is 0 Å². The number of halogens is 2. The zero-order valence-corrected chi connectivity index (χ0v) is 13.0. The first-order valence-electron chi connectivity index (χ1n) is 6.48. The third-order valence-electron chi connectivity index (χ3n) is 3.82. The summed E-state index contributed by atoms with van der Waals surface area (Å²) in [5, 5.41) is 0.847. The largest absolute Gasteiger partial charge is 0.330 e. The second-order valence-electron chi connectivity index (χ2n) is 5.19. The van der Waals surface area contributed by atoms with Crippen molar-refractivity contribution in [3.63, 3.8) is 0 Å². The van der Waals surface area contributed by atoms with Gasteiger partial charge in [-0.15, -0.1) is 0 Å². The summed E-state index contributed by atoms with van der Waals surface area (Å²) < 4.78 is 1.09. The SMILES string of the molecule is CC1CCC(CN)CN1Cc1cc(Br)ccc1Cl. The molecule has 1 fully saturated rings. The number of piperidine rings is 1. The highest BCUT2D eigenvalue weighted by Crippen LogP contribution is 2.27. The van der Waals surface area contributed by atoms with Gasteiger partial charge in [0.2, 0.25) is 0 Å². The van der Waals surface area contributed by atoms with Crippen LogP contribution in [0.25, 0.3) is 0 Å². The molecule has 1 aliphatic heterocycles. The molecule has 2 unspecified atom stereocenters. The summed E-state index contributed by atoms with van der Waals surface area (Å²) in [5.41, 5.74) is 6.99. The Morgan fingerprint density at radius 2 is 2.22 bits per heavy atom. The van der Waals surface area contributed by atoms with E-state index in [1.165, 1.54) is 18.4 Å². The summed E-state index contributed by atoms with van der Waals surface area (Å²) >= 11 is 9.77. The molecule has 4 heteroatoms. The summed E-state index contributed by atoms with van der Waals surface area (Å²) in [4.78, 5) is 2.49. The van der Waals surface area contributed by atoms with Gasteiger partial charge in [-0.3, -0.25) is 4.90 Å². The lowest BCUT2D eigenvalue weighted by Crippen LogP contribution is -2.43. The Kier molecular flexibility index (Phi) is 5.07. The van der Waals surface area contributed by atoms with Crippen LogP contribution in [0.3, 0.4) is 0 Å². The molecule has 2 atom stereocenters. The Bertz CT molecular complexity index is 411. The molecule has 0 saturated carbocycles. The van der Waals surface area contributed by atoms with Gasteiger partial charge in [0.15, 0.2) is 0 Å². The third-order valence-corrected chi connectivity index (χ3v) is 4.69. The van der Waals surface area contributed by atoms with E-state index < -0.39 is 0 Å². The molecule has 1 aromatic rings. The lowest BCUT2D eigenvalue weighted by molar-refractivity contribution is 0.113. The summed E-state index contributed by atoms with van der Waals surface area (Å²) in [6.07, 6.45) is 2.48. The molecular formula is C14H20BrClN2. The minimum absolute atomic E-state index is 0.614. The standard InChI is InChI=1S/C14H20BrClN2/c1-10-2-3-11(7-17)8-18(10)9-12-6-13(15)4-5-14(12)16/h4-6,10-11H,2-3,7-9,17H2,1H3. The van der Waals surface area contributed by atoms with Crippen LogP contribution in [0.1, 0.15) is 25.3 Å². The molecular weight excluding hydrogens is 312 g/mol. The Morgan fingerprint density at radius 1 is 1.44 bits per heavy atom. The second kappa shape index (κ2) is 6.38. The highest BCUT2D eigenvalue weighted by molar-refractivity contribution is 9.10.